The fraction of sp³-hybridized carbons (Fsp3) is 0.455. The van der Waals surface area contributed by atoms with E-state index in [1.807, 2.05) is 0 Å². The van der Waals surface area contributed by atoms with Gasteiger partial charge in [-0.2, -0.15) is 0 Å². The van der Waals surface area contributed by atoms with Gasteiger partial charge in [-0.05, 0) is 25.3 Å². The zero-order valence-electron chi connectivity index (χ0n) is 9.99. The number of halogens is 2. The Kier molecular flexibility index (Phi) is 3.50. The molecule has 5 nitrogen and oxygen atoms in total. The summed E-state index contributed by atoms with van der Waals surface area (Å²) in [6, 6.07) is 1.14. The van der Waals surface area contributed by atoms with E-state index in [2.05, 4.69) is 4.72 Å². The Morgan fingerprint density at radius 2 is 1.95 bits per heavy atom. The van der Waals surface area contributed by atoms with Gasteiger partial charge in [0.1, 0.15) is 16.5 Å². The van der Waals surface area contributed by atoms with Crippen LogP contribution in [0.2, 0.25) is 0 Å². The third-order valence-corrected chi connectivity index (χ3v) is 4.63. The topological polar surface area (TPSA) is 92.4 Å². The second-order valence-electron chi connectivity index (χ2n) is 4.71. The summed E-state index contributed by atoms with van der Waals surface area (Å²) < 4.78 is 52.3. The Morgan fingerprint density at radius 1 is 1.32 bits per heavy atom. The number of nitrogens with two attached hydrogens (primary N) is 1. The van der Waals surface area contributed by atoms with Crippen LogP contribution >= 0.6 is 0 Å². The van der Waals surface area contributed by atoms with Crippen molar-refractivity contribution in [3.63, 3.8) is 0 Å². The van der Waals surface area contributed by atoms with Gasteiger partial charge in [0.05, 0.1) is 11.3 Å². The SMILES string of the molecule is Nc1cc(S(=O)(=O)NCC2(O)CCC2)c(F)cc1F. The van der Waals surface area contributed by atoms with Crippen LogP contribution in [0.3, 0.4) is 0 Å². The number of benzene rings is 1. The Balaban J connectivity index is 2.22. The molecule has 8 heteroatoms. The monoisotopic (exact) mass is 292 g/mol. The molecule has 1 fully saturated rings. The highest BCUT2D eigenvalue weighted by molar-refractivity contribution is 7.89. The molecule has 1 aliphatic rings. The van der Waals surface area contributed by atoms with Gasteiger partial charge in [-0.1, -0.05) is 0 Å². The highest BCUT2D eigenvalue weighted by atomic mass is 32.2. The average molecular weight is 292 g/mol. The van der Waals surface area contributed by atoms with Crippen molar-refractivity contribution in [2.45, 2.75) is 29.8 Å². The first-order chi connectivity index (χ1) is 8.73. The van der Waals surface area contributed by atoms with Crippen molar-refractivity contribution in [2.75, 3.05) is 12.3 Å². The lowest BCUT2D eigenvalue weighted by Gasteiger charge is -2.36. The first-order valence-electron chi connectivity index (χ1n) is 5.70. The van der Waals surface area contributed by atoms with Gasteiger partial charge >= 0.3 is 0 Å². The molecule has 0 aliphatic heterocycles. The van der Waals surface area contributed by atoms with Gasteiger partial charge in [0.2, 0.25) is 10.0 Å². The fourth-order valence-corrected chi connectivity index (χ4v) is 3.03. The standard InChI is InChI=1S/C11H14F2N2O3S/c12-7-4-8(13)10(5-9(7)14)19(17,18)15-6-11(16)2-1-3-11/h4-5,15-16H,1-3,6,14H2. The predicted octanol–water partition coefficient (Wildman–Crippen LogP) is 0.740. The molecule has 19 heavy (non-hydrogen) atoms. The summed E-state index contributed by atoms with van der Waals surface area (Å²) in [4.78, 5) is -0.727. The maximum atomic E-state index is 13.5. The first kappa shape index (κ1) is 14.2. The molecular weight excluding hydrogens is 278 g/mol. The van der Waals surface area contributed by atoms with Crippen molar-refractivity contribution in [1.29, 1.82) is 0 Å². The maximum Gasteiger partial charge on any atom is 0.243 e. The second-order valence-corrected chi connectivity index (χ2v) is 6.44. The Hall–Kier alpha value is -1.25. The molecule has 1 saturated carbocycles. The lowest BCUT2D eigenvalue weighted by atomic mass is 9.81. The van der Waals surface area contributed by atoms with Gasteiger partial charge in [-0.25, -0.2) is 21.9 Å². The molecule has 4 N–H and O–H groups in total. The van der Waals surface area contributed by atoms with E-state index in [4.69, 9.17) is 5.73 Å². The number of nitrogen functional groups attached to an aromatic ring is 1. The minimum Gasteiger partial charge on any atom is -0.396 e. The van der Waals surface area contributed by atoms with Crippen LogP contribution in [0.5, 0.6) is 0 Å². The summed E-state index contributed by atoms with van der Waals surface area (Å²) in [5, 5.41) is 9.78. The summed E-state index contributed by atoms with van der Waals surface area (Å²) in [7, 11) is -4.17. The summed E-state index contributed by atoms with van der Waals surface area (Å²) in [6.07, 6.45) is 1.79. The minimum atomic E-state index is -4.17. The van der Waals surface area contributed by atoms with Crippen molar-refractivity contribution in [3.8, 4) is 0 Å². The summed E-state index contributed by atoms with van der Waals surface area (Å²) in [5.74, 6) is -2.24. The molecule has 0 amide bonds. The normalized spacial score (nSPS) is 18.1. The largest absolute Gasteiger partial charge is 0.396 e. The molecule has 0 spiro atoms. The Bertz CT molecular complexity index is 600. The first-order valence-corrected chi connectivity index (χ1v) is 7.18. The molecule has 106 valence electrons. The van der Waals surface area contributed by atoms with E-state index in [0.717, 1.165) is 12.5 Å². The summed E-state index contributed by atoms with van der Waals surface area (Å²) in [6.45, 7) is -0.202. The minimum absolute atomic E-state index is 0.202. The zero-order chi connectivity index (χ0) is 14.3. The number of anilines is 1. The van der Waals surface area contributed by atoms with Crippen LogP contribution in [0.1, 0.15) is 19.3 Å². The van der Waals surface area contributed by atoms with Crippen LogP contribution in [0.25, 0.3) is 0 Å². The lowest BCUT2D eigenvalue weighted by Crippen LogP contribution is -2.47. The van der Waals surface area contributed by atoms with Crippen molar-refractivity contribution in [1.82, 2.24) is 4.72 Å². The molecule has 0 radical (unpaired) electrons. The Morgan fingerprint density at radius 3 is 2.47 bits per heavy atom. The molecule has 1 aliphatic carbocycles. The van der Waals surface area contributed by atoms with Crippen LogP contribution in [0, 0.1) is 11.6 Å². The molecule has 0 saturated heterocycles. The van der Waals surface area contributed by atoms with E-state index in [1.54, 1.807) is 0 Å². The highest BCUT2D eigenvalue weighted by Crippen LogP contribution is 2.31. The van der Waals surface area contributed by atoms with Gasteiger partial charge in [0.25, 0.3) is 0 Å². The molecule has 0 aromatic heterocycles. The number of rotatable bonds is 4. The summed E-state index contributed by atoms with van der Waals surface area (Å²) >= 11 is 0. The summed E-state index contributed by atoms with van der Waals surface area (Å²) in [5.41, 5.74) is 3.69. The quantitative estimate of drug-likeness (QED) is 0.714. The third-order valence-electron chi connectivity index (χ3n) is 3.22. The van der Waals surface area contributed by atoms with Gasteiger partial charge in [-0.3, -0.25) is 0 Å². The van der Waals surface area contributed by atoms with Crippen LogP contribution in [-0.2, 0) is 10.0 Å². The van der Waals surface area contributed by atoms with Crippen LogP contribution in [0.4, 0.5) is 14.5 Å². The van der Waals surface area contributed by atoms with E-state index < -0.39 is 37.8 Å². The van der Waals surface area contributed by atoms with Gasteiger partial charge < -0.3 is 10.8 Å². The van der Waals surface area contributed by atoms with Gasteiger partial charge in [-0.15, -0.1) is 0 Å². The second kappa shape index (κ2) is 4.69. The number of hydrogen-bond acceptors (Lipinski definition) is 4. The number of nitrogens with one attached hydrogen (secondary N) is 1. The third kappa shape index (κ3) is 2.85. The van der Waals surface area contributed by atoms with Crippen molar-refractivity contribution in [2.24, 2.45) is 0 Å². The molecular formula is C11H14F2N2O3S. The maximum absolute atomic E-state index is 13.5. The smallest absolute Gasteiger partial charge is 0.243 e. The number of sulfonamides is 1. The van der Waals surface area contributed by atoms with Crippen LogP contribution in [0.15, 0.2) is 17.0 Å². The number of hydrogen-bond donors (Lipinski definition) is 3. The van der Waals surface area contributed by atoms with E-state index in [-0.39, 0.29) is 6.54 Å². The lowest BCUT2D eigenvalue weighted by molar-refractivity contribution is -0.0271. The molecule has 0 unspecified atom stereocenters. The highest BCUT2D eigenvalue weighted by Gasteiger charge is 2.36. The number of aliphatic hydroxyl groups is 1. The Labute approximate surface area is 109 Å². The van der Waals surface area contributed by atoms with Crippen LogP contribution < -0.4 is 10.5 Å². The van der Waals surface area contributed by atoms with Crippen molar-refractivity contribution < 1.29 is 22.3 Å². The van der Waals surface area contributed by atoms with E-state index in [9.17, 15) is 22.3 Å². The molecule has 2 rings (SSSR count). The average Bonchev–Trinajstić information content (AvgIpc) is 2.28. The van der Waals surface area contributed by atoms with E-state index in [1.165, 1.54) is 0 Å². The molecule has 0 heterocycles. The van der Waals surface area contributed by atoms with Crippen molar-refractivity contribution >= 4 is 15.7 Å². The molecule has 0 atom stereocenters. The zero-order valence-corrected chi connectivity index (χ0v) is 10.8. The molecule has 1 aromatic carbocycles. The van der Waals surface area contributed by atoms with E-state index >= 15 is 0 Å². The molecule has 1 aromatic rings. The van der Waals surface area contributed by atoms with E-state index in [0.29, 0.717) is 18.9 Å². The van der Waals surface area contributed by atoms with Crippen LogP contribution in [-0.4, -0.2) is 25.7 Å². The van der Waals surface area contributed by atoms with Crippen molar-refractivity contribution in [3.05, 3.63) is 23.8 Å². The predicted molar refractivity (Wildman–Crippen MR) is 64.8 cm³/mol. The fourth-order valence-electron chi connectivity index (χ4n) is 1.82. The van der Waals surface area contributed by atoms with Gasteiger partial charge in [0.15, 0.2) is 0 Å². The molecule has 0 bridgehead atoms. The van der Waals surface area contributed by atoms with Gasteiger partial charge in [0, 0.05) is 12.6 Å².